The van der Waals surface area contributed by atoms with Crippen LogP contribution >= 0.6 is 0 Å². The molecule has 0 fully saturated rings. The predicted octanol–water partition coefficient (Wildman–Crippen LogP) is 3.22. The lowest BCUT2D eigenvalue weighted by molar-refractivity contribution is 0.256. The first kappa shape index (κ1) is 18.7. The summed E-state index contributed by atoms with van der Waals surface area (Å²) in [5, 5.41) is 16.4. The van der Waals surface area contributed by atoms with Crippen LogP contribution < -0.4 is 4.74 Å². The summed E-state index contributed by atoms with van der Waals surface area (Å²) >= 11 is 0. The maximum atomic E-state index is 14.7. The van der Waals surface area contributed by atoms with Crippen molar-refractivity contribution in [2.45, 2.75) is 19.2 Å². The van der Waals surface area contributed by atoms with Gasteiger partial charge < -0.3 is 4.74 Å². The molecule has 148 valence electrons. The number of ether oxygens (including phenoxy) is 1. The van der Waals surface area contributed by atoms with Crippen molar-refractivity contribution in [1.82, 2.24) is 34.6 Å². The quantitative estimate of drug-likeness (QED) is 0.445. The summed E-state index contributed by atoms with van der Waals surface area (Å²) in [6.45, 7) is 3.60. The van der Waals surface area contributed by atoms with Gasteiger partial charge in [0.2, 0.25) is 5.88 Å². The lowest BCUT2D eigenvalue weighted by atomic mass is 10.1. The summed E-state index contributed by atoms with van der Waals surface area (Å²) in [7, 11) is 1.72. The molecule has 3 aromatic heterocycles. The fraction of sp³-hybridized carbons (Fsp3) is 0.211. The average molecular weight is 397 g/mol. The number of aryl methyl sites for hydroxylation is 1. The van der Waals surface area contributed by atoms with Gasteiger partial charge in [0.15, 0.2) is 17.3 Å². The Bertz CT molecular complexity index is 1170. The topological polar surface area (TPSA) is 83.0 Å². The second-order valence-electron chi connectivity index (χ2n) is 6.26. The van der Waals surface area contributed by atoms with E-state index >= 15 is 0 Å². The first-order valence-electron chi connectivity index (χ1n) is 8.80. The van der Waals surface area contributed by atoms with Crippen LogP contribution in [0.1, 0.15) is 24.0 Å². The van der Waals surface area contributed by atoms with Gasteiger partial charge >= 0.3 is 0 Å². The third kappa shape index (κ3) is 3.56. The van der Waals surface area contributed by atoms with Crippen LogP contribution in [0.3, 0.4) is 0 Å². The molecular weight excluding hydrogens is 380 g/mol. The SMILES string of the molecule is C=CCC(F)c1cc2nnc(-c3ccccc3F)n2nc1OCc1ncnn1C. The van der Waals surface area contributed by atoms with Crippen LogP contribution in [-0.2, 0) is 13.7 Å². The van der Waals surface area contributed by atoms with Gasteiger partial charge in [-0.2, -0.15) is 9.61 Å². The minimum atomic E-state index is -1.40. The smallest absolute Gasteiger partial charge is 0.238 e. The second kappa shape index (κ2) is 7.74. The first-order valence-corrected chi connectivity index (χ1v) is 8.80. The number of benzene rings is 1. The molecule has 3 heterocycles. The zero-order chi connectivity index (χ0) is 20.4. The molecule has 0 N–H and O–H groups in total. The van der Waals surface area contributed by atoms with Crippen molar-refractivity contribution in [1.29, 1.82) is 0 Å². The minimum Gasteiger partial charge on any atom is -0.468 e. The van der Waals surface area contributed by atoms with Crippen LogP contribution in [-0.4, -0.2) is 34.6 Å². The molecule has 8 nitrogen and oxygen atoms in total. The van der Waals surface area contributed by atoms with Gasteiger partial charge in [-0.3, -0.25) is 4.68 Å². The third-order valence-electron chi connectivity index (χ3n) is 4.36. The second-order valence-corrected chi connectivity index (χ2v) is 6.26. The molecule has 0 aliphatic rings. The number of fused-ring (bicyclic) bond motifs is 1. The highest BCUT2D eigenvalue weighted by Gasteiger charge is 2.22. The van der Waals surface area contributed by atoms with E-state index in [1.165, 1.54) is 29.1 Å². The number of hydrogen-bond acceptors (Lipinski definition) is 6. The number of halogens is 2. The van der Waals surface area contributed by atoms with Gasteiger partial charge in [0, 0.05) is 13.5 Å². The van der Waals surface area contributed by atoms with E-state index in [9.17, 15) is 8.78 Å². The van der Waals surface area contributed by atoms with Crippen molar-refractivity contribution < 1.29 is 13.5 Å². The Morgan fingerprint density at radius 2 is 2.10 bits per heavy atom. The maximum Gasteiger partial charge on any atom is 0.238 e. The lowest BCUT2D eigenvalue weighted by Crippen LogP contribution is -2.10. The Morgan fingerprint density at radius 3 is 2.83 bits per heavy atom. The Hall–Kier alpha value is -3.69. The summed E-state index contributed by atoms with van der Waals surface area (Å²) < 4.78 is 37.6. The molecule has 10 heteroatoms. The highest BCUT2D eigenvalue weighted by molar-refractivity contribution is 5.60. The van der Waals surface area contributed by atoms with Crippen LogP contribution in [0.25, 0.3) is 17.0 Å². The van der Waals surface area contributed by atoms with E-state index in [-0.39, 0.29) is 41.5 Å². The molecule has 1 aromatic carbocycles. The van der Waals surface area contributed by atoms with Crippen molar-refractivity contribution in [3.8, 4) is 17.3 Å². The fourth-order valence-corrected chi connectivity index (χ4v) is 2.83. The van der Waals surface area contributed by atoms with E-state index < -0.39 is 12.0 Å². The highest BCUT2D eigenvalue weighted by Crippen LogP contribution is 2.31. The highest BCUT2D eigenvalue weighted by atomic mass is 19.1. The van der Waals surface area contributed by atoms with Crippen LogP contribution in [0.15, 0.2) is 49.3 Å². The molecule has 1 unspecified atom stereocenters. The molecule has 1 atom stereocenters. The van der Waals surface area contributed by atoms with Gasteiger partial charge in [-0.1, -0.05) is 18.2 Å². The number of alkyl halides is 1. The molecule has 0 saturated carbocycles. The molecule has 29 heavy (non-hydrogen) atoms. The monoisotopic (exact) mass is 397 g/mol. The molecule has 4 rings (SSSR count). The number of allylic oxidation sites excluding steroid dienone is 1. The Kier molecular flexibility index (Phi) is 4.98. The molecule has 0 bridgehead atoms. The van der Waals surface area contributed by atoms with E-state index in [1.54, 1.807) is 29.9 Å². The zero-order valence-electron chi connectivity index (χ0n) is 15.5. The molecular formula is C19H17F2N7O. The summed E-state index contributed by atoms with van der Waals surface area (Å²) in [4.78, 5) is 4.08. The molecule has 4 aromatic rings. The molecule has 0 saturated heterocycles. The van der Waals surface area contributed by atoms with Crippen molar-refractivity contribution in [2.75, 3.05) is 0 Å². The van der Waals surface area contributed by atoms with Gasteiger partial charge in [-0.05, 0) is 18.2 Å². The maximum absolute atomic E-state index is 14.7. The predicted molar refractivity (Wildman–Crippen MR) is 100 cm³/mol. The molecule has 0 aliphatic heterocycles. The van der Waals surface area contributed by atoms with Gasteiger partial charge in [-0.15, -0.1) is 21.9 Å². The van der Waals surface area contributed by atoms with Crippen molar-refractivity contribution in [3.05, 3.63) is 66.5 Å². The Labute approximate surface area is 164 Å². The minimum absolute atomic E-state index is 0.0278. The lowest BCUT2D eigenvalue weighted by Gasteiger charge is -2.13. The standard InChI is InChI=1S/C19H17F2N7O/c1-3-6-14(20)13-9-16-24-25-18(12-7-4-5-8-15(12)21)28(16)26-19(13)29-10-17-22-11-23-27(17)2/h3-5,7-9,11,14H,1,6,10H2,2H3. The van der Waals surface area contributed by atoms with Gasteiger partial charge in [0.05, 0.1) is 11.1 Å². The fourth-order valence-electron chi connectivity index (χ4n) is 2.83. The molecule has 0 aliphatic carbocycles. The van der Waals surface area contributed by atoms with Crippen LogP contribution in [0.5, 0.6) is 5.88 Å². The van der Waals surface area contributed by atoms with Gasteiger partial charge in [-0.25, -0.2) is 13.8 Å². The number of hydrogen-bond donors (Lipinski definition) is 0. The van der Waals surface area contributed by atoms with Crippen molar-refractivity contribution in [2.24, 2.45) is 7.05 Å². The van der Waals surface area contributed by atoms with Crippen LogP contribution in [0.2, 0.25) is 0 Å². The molecule has 0 amide bonds. The summed E-state index contributed by atoms with van der Waals surface area (Å²) in [5.74, 6) is 0.291. The normalized spacial score (nSPS) is 12.2. The van der Waals surface area contributed by atoms with Crippen LogP contribution in [0, 0.1) is 5.82 Å². The van der Waals surface area contributed by atoms with Crippen LogP contribution in [0.4, 0.5) is 8.78 Å². The Balaban J connectivity index is 1.80. The average Bonchev–Trinajstić information content (AvgIpc) is 3.31. The summed E-state index contributed by atoms with van der Waals surface area (Å²) in [5.41, 5.74) is 0.699. The molecule has 0 spiro atoms. The summed E-state index contributed by atoms with van der Waals surface area (Å²) in [6, 6.07) is 7.63. The van der Waals surface area contributed by atoms with Gasteiger partial charge in [0.1, 0.15) is 24.9 Å². The van der Waals surface area contributed by atoms with Crippen molar-refractivity contribution in [3.63, 3.8) is 0 Å². The molecule has 0 radical (unpaired) electrons. The zero-order valence-corrected chi connectivity index (χ0v) is 15.5. The largest absolute Gasteiger partial charge is 0.468 e. The van der Waals surface area contributed by atoms with Gasteiger partial charge in [0.25, 0.3) is 0 Å². The third-order valence-corrected chi connectivity index (χ3v) is 4.36. The van der Waals surface area contributed by atoms with E-state index in [0.29, 0.717) is 5.82 Å². The first-order chi connectivity index (χ1) is 14.1. The van der Waals surface area contributed by atoms with E-state index in [1.807, 2.05) is 0 Å². The van der Waals surface area contributed by atoms with Crippen molar-refractivity contribution >= 4 is 5.65 Å². The van der Waals surface area contributed by atoms with E-state index in [0.717, 1.165) is 0 Å². The number of rotatable bonds is 7. The summed E-state index contributed by atoms with van der Waals surface area (Å²) in [6.07, 6.45) is 1.54. The van der Waals surface area contributed by atoms with E-state index in [4.69, 9.17) is 4.74 Å². The Morgan fingerprint density at radius 1 is 1.28 bits per heavy atom. The number of aromatic nitrogens is 7. The number of nitrogens with zero attached hydrogens (tertiary/aromatic N) is 7. The van der Waals surface area contributed by atoms with E-state index in [2.05, 4.69) is 32.0 Å².